The molecule has 1 rings (SSSR count). The van der Waals surface area contributed by atoms with Gasteiger partial charge in [0.15, 0.2) is 0 Å². The third kappa shape index (κ3) is 4.13. The molecule has 0 bridgehead atoms. The van der Waals surface area contributed by atoms with Crippen LogP contribution in [-0.4, -0.2) is 25.0 Å². The number of esters is 1. The molecule has 0 radical (unpaired) electrons. The van der Waals surface area contributed by atoms with Crippen molar-refractivity contribution in [2.45, 2.75) is 13.8 Å². The number of amides is 1. The SMILES string of the molecule is CC(=O)NCCOC(=O)c1ccc(C)cc1. The maximum Gasteiger partial charge on any atom is 0.338 e. The number of nitrogens with one attached hydrogen (secondary N) is 1. The molecule has 0 saturated heterocycles. The predicted octanol–water partition coefficient (Wildman–Crippen LogP) is 1.29. The van der Waals surface area contributed by atoms with Crippen LogP contribution in [0.1, 0.15) is 22.8 Å². The average molecular weight is 221 g/mol. The number of hydrogen-bond acceptors (Lipinski definition) is 3. The molecule has 0 aliphatic rings. The zero-order chi connectivity index (χ0) is 12.0. The maximum atomic E-state index is 11.5. The number of carbonyl (C=O) groups excluding carboxylic acids is 2. The van der Waals surface area contributed by atoms with Gasteiger partial charge in [-0.1, -0.05) is 17.7 Å². The van der Waals surface area contributed by atoms with Crippen molar-refractivity contribution in [3.8, 4) is 0 Å². The van der Waals surface area contributed by atoms with E-state index in [4.69, 9.17) is 4.74 Å². The summed E-state index contributed by atoms with van der Waals surface area (Å²) in [5, 5.41) is 2.55. The fourth-order valence-corrected chi connectivity index (χ4v) is 1.14. The molecule has 0 atom stereocenters. The summed E-state index contributed by atoms with van der Waals surface area (Å²) in [6, 6.07) is 7.14. The van der Waals surface area contributed by atoms with E-state index in [0.29, 0.717) is 12.1 Å². The summed E-state index contributed by atoms with van der Waals surface area (Å²) < 4.78 is 4.96. The van der Waals surface area contributed by atoms with E-state index in [1.807, 2.05) is 19.1 Å². The van der Waals surface area contributed by atoms with Gasteiger partial charge in [-0.2, -0.15) is 0 Å². The van der Waals surface area contributed by atoms with Crippen LogP contribution in [0.2, 0.25) is 0 Å². The molecule has 86 valence electrons. The van der Waals surface area contributed by atoms with Crippen molar-refractivity contribution >= 4 is 11.9 Å². The zero-order valence-corrected chi connectivity index (χ0v) is 9.45. The Morgan fingerprint density at radius 2 is 1.88 bits per heavy atom. The number of carbonyl (C=O) groups is 2. The van der Waals surface area contributed by atoms with Gasteiger partial charge in [0.25, 0.3) is 0 Å². The molecule has 0 aromatic heterocycles. The lowest BCUT2D eigenvalue weighted by atomic mass is 10.1. The van der Waals surface area contributed by atoms with Crippen LogP contribution in [0.3, 0.4) is 0 Å². The largest absolute Gasteiger partial charge is 0.460 e. The molecule has 4 nitrogen and oxygen atoms in total. The Morgan fingerprint density at radius 3 is 2.44 bits per heavy atom. The van der Waals surface area contributed by atoms with Gasteiger partial charge in [-0.05, 0) is 19.1 Å². The number of aryl methyl sites for hydroxylation is 1. The number of benzene rings is 1. The van der Waals surface area contributed by atoms with E-state index in [1.54, 1.807) is 12.1 Å². The van der Waals surface area contributed by atoms with Crippen molar-refractivity contribution in [1.29, 1.82) is 0 Å². The van der Waals surface area contributed by atoms with Crippen LogP contribution in [0.25, 0.3) is 0 Å². The van der Waals surface area contributed by atoms with Gasteiger partial charge in [-0.3, -0.25) is 4.79 Å². The third-order valence-electron chi connectivity index (χ3n) is 2.00. The molecule has 4 heteroatoms. The Kier molecular flexibility index (Phi) is 4.51. The normalized spacial score (nSPS) is 9.62. The maximum absolute atomic E-state index is 11.5. The quantitative estimate of drug-likeness (QED) is 0.615. The molecule has 0 saturated carbocycles. The second-order valence-corrected chi connectivity index (χ2v) is 3.48. The Labute approximate surface area is 94.6 Å². The predicted molar refractivity (Wildman–Crippen MR) is 60.1 cm³/mol. The lowest BCUT2D eigenvalue weighted by molar-refractivity contribution is -0.119. The van der Waals surface area contributed by atoms with E-state index >= 15 is 0 Å². The molecular weight excluding hydrogens is 206 g/mol. The lowest BCUT2D eigenvalue weighted by Gasteiger charge is -2.05. The smallest absolute Gasteiger partial charge is 0.338 e. The number of hydrogen-bond donors (Lipinski definition) is 1. The van der Waals surface area contributed by atoms with E-state index in [-0.39, 0.29) is 18.5 Å². The summed E-state index contributed by atoms with van der Waals surface area (Å²) in [6.07, 6.45) is 0. The van der Waals surface area contributed by atoms with Gasteiger partial charge in [0.05, 0.1) is 12.1 Å². The summed E-state index contributed by atoms with van der Waals surface area (Å²) in [5.74, 6) is -0.503. The molecule has 1 amide bonds. The first-order valence-corrected chi connectivity index (χ1v) is 5.08. The first-order valence-electron chi connectivity index (χ1n) is 5.08. The Morgan fingerprint density at radius 1 is 1.25 bits per heavy atom. The highest BCUT2D eigenvalue weighted by Gasteiger charge is 2.05. The highest BCUT2D eigenvalue weighted by atomic mass is 16.5. The molecule has 1 aromatic rings. The van der Waals surface area contributed by atoms with Crippen molar-refractivity contribution in [1.82, 2.24) is 5.32 Å². The Hall–Kier alpha value is -1.84. The summed E-state index contributed by atoms with van der Waals surface area (Å²) in [7, 11) is 0. The third-order valence-corrected chi connectivity index (χ3v) is 2.00. The summed E-state index contributed by atoms with van der Waals surface area (Å²) in [5.41, 5.74) is 1.61. The van der Waals surface area contributed by atoms with Crippen LogP contribution >= 0.6 is 0 Å². The van der Waals surface area contributed by atoms with E-state index in [9.17, 15) is 9.59 Å². The molecule has 1 N–H and O–H groups in total. The summed E-state index contributed by atoms with van der Waals surface area (Å²) in [4.78, 5) is 22.0. The molecule has 0 aliphatic heterocycles. The second-order valence-electron chi connectivity index (χ2n) is 3.48. The van der Waals surface area contributed by atoms with E-state index in [0.717, 1.165) is 5.56 Å². The van der Waals surface area contributed by atoms with E-state index < -0.39 is 0 Å². The number of rotatable bonds is 4. The highest BCUT2D eigenvalue weighted by molar-refractivity contribution is 5.89. The molecule has 0 spiro atoms. The van der Waals surface area contributed by atoms with E-state index in [1.165, 1.54) is 6.92 Å². The van der Waals surface area contributed by atoms with Crippen molar-refractivity contribution in [2.75, 3.05) is 13.2 Å². The number of ether oxygens (including phenoxy) is 1. The molecule has 0 fully saturated rings. The van der Waals surface area contributed by atoms with Gasteiger partial charge in [0.2, 0.25) is 5.91 Å². The van der Waals surface area contributed by atoms with Gasteiger partial charge in [0.1, 0.15) is 6.61 Å². The van der Waals surface area contributed by atoms with Gasteiger partial charge < -0.3 is 10.1 Å². The highest BCUT2D eigenvalue weighted by Crippen LogP contribution is 2.04. The fourth-order valence-electron chi connectivity index (χ4n) is 1.14. The van der Waals surface area contributed by atoms with Gasteiger partial charge >= 0.3 is 5.97 Å². The van der Waals surface area contributed by atoms with E-state index in [2.05, 4.69) is 5.32 Å². The standard InChI is InChI=1S/C12H15NO3/c1-9-3-5-11(6-4-9)12(15)16-8-7-13-10(2)14/h3-6H,7-8H2,1-2H3,(H,13,14). The summed E-state index contributed by atoms with van der Waals surface area (Å²) in [6.45, 7) is 3.90. The first-order chi connectivity index (χ1) is 7.59. The summed E-state index contributed by atoms with van der Waals surface area (Å²) >= 11 is 0. The Bertz CT molecular complexity index is 370. The van der Waals surface area contributed by atoms with Gasteiger partial charge in [-0.25, -0.2) is 4.79 Å². The second kappa shape index (κ2) is 5.90. The molecule has 0 aliphatic carbocycles. The van der Waals surface area contributed by atoms with Crippen molar-refractivity contribution < 1.29 is 14.3 Å². The Balaban J connectivity index is 2.35. The lowest BCUT2D eigenvalue weighted by Crippen LogP contribution is -2.25. The minimum absolute atomic E-state index is 0.133. The van der Waals surface area contributed by atoms with Crippen LogP contribution < -0.4 is 5.32 Å². The monoisotopic (exact) mass is 221 g/mol. The molecular formula is C12H15NO3. The minimum atomic E-state index is -0.370. The molecule has 0 heterocycles. The molecule has 16 heavy (non-hydrogen) atoms. The molecule has 1 aromatic carbocycles. The average Bonchev–Trinajstić information content (AvgIpc) is 2.25. The van der Waals surface area contributed by atoms with Crippen LogP contribution in [0.15, 0.2) is 24.3 Å². The molecule has 0 unspecified atom stereocenters. The van der Waals surface area contributed by atoms with Crippen LogP contribution in [0.5, 0.6) is 0 Å². The van der Waals surface area contributed by atoms with Crippen LogP contribution in [0.4, 0.5) is 0 Å². The van der Waals surface area contributed by atoms with Crippen molar-refractivity contribution in [3.05, 3.63) is 35.4 Å². The van der Waals surface area contributed by atoms with Gasteiger partial charge in [-0.15, -0.1) is 0 Å². The van der Waals surface area contributed by atoms with Crippen molar-refractivity contribution in [2.24, 2.45) is 0 Å². The first kappa shape index (κ1) is 12.2. The minimum Gasteiger partial charge on any atom is -0.460 e. The van der Waals surface area contributed by atoms with Crippen LogP contribution in [-0.2, 0) is 9.53 Å². The van der Waals surface area contributed by atoms with Crippen molar-refractivity contribution in [3.63, 3.8) is 0 Å². The zero-order valence-electron chi connectivity index (χ0n) is 9.45. The topological polar surface area (TPSA) is 55.4 Å². The van der Waals surface area contributed by atoms with Gasteiger partial charge in [0, 0.05) is 6.92 Å². The van der Waals surface area contributed by atoms with Crippen LogP contribution in [0, 0.1) is 6.92 Å². The fraction of sp³-hybridized carbons (Fsp3) is 0.333.